The Kier molecular flexibility index (Phi) is 2.37. The Balaban J connectivity index is 2.22. The molecule has 0 spiro atoms. The van der Waals surface area contributed by atoms with Crippen molar-refractivity contribution in [1.29, 1.82) is 0 Å². The number of rotatable bonds is 3. The van der Waals surface area contributed by atoms with Crippen molar-refractivity contribution >= 4 is 0 Å². The summed E-state index contributed by atoms with van der Waals surface area (Å²) < 4.78 is 0. The van der Waals surface area contributed by atoms with Crippen molar-refractivity contribution in [3.63, 3.8) is 0 Å². The largest absolute Gasteiger partial charge is 0.504 e. The van der Waals surface area contributed by atoms with Gasteiger partial charge >= 0.3 is 0 Å². The molecule has 3 N–H and O–H groups in total. The van der Waals surface area contributed by atoms with Crippen LogP contribution in [0.15, 0.2) is 6.20 Å². The molecule has 1 aromatic rings. The van der Waals surface area contributed by atoms with Crippen molar-refractivity contribution in [2.45, 2.75) is 38.1 Å². The molecule has 2 rings (SSSR count). The van der Waals surface area contributed by atoms with Crippen molar-refractivity contribution in [3.05, 3.63) is 17.7 Å². The molecule has 0 aliphatic heterocycles. The van der Waals surface area contributed by atoms with E-state index in [4.69, 9.17) is 5.73 Å². The quantitative estimate of drug-likeness (QED) is 0.749. The maximum Gasteiger partial charge on any atom is 0.155 e. The van der Waals surface area contributed by atoms with E-state index in [9.17, 15) is 5.11 Å². The molecule has 0 aromatic carbocycles. The number of aromatic nitrogens is 2. The molecule has 1 saturated carbocycles. The Bertz CT molecular complexity index is 334. The van der Waals surface area contributed by atoms with Gasteiger partial charge in [-0.25, -0.2) is 9.97 Å². The van der Waals surface area contributed by atoms with Crippen LogP contribution in [0.3, 0.4) is 0 Å². The van der Waals surface area contributed by atoms with Crippen LogP contribution in [0.25, 0.3) is 0 Å². The summed E-state index contributed by atoms with van der Waals surface area (Å²) in [7, 11) is 0. The third kappa shape index (κ3) is 2.01. The Morgan fingerprint density at radius 2 is 2.36 bits per heavy atom. The van der Waals surface area contributed by atoms with E-state index in [0.29, 0.717) is 18.0 Å². The van der Waals surface area contributed by atoms with E-state index in [1.165, 1.54) is 19.0 Å². The summed E-state index contributed by atoms with van der Waals surface area (Å²) in [6, 6.07) is 0.0165. The summed E-state index contributed by atoms with van der Waals surface area (Å²) in [4.78, 5) is 8.44. The molecule has 1 atom stereocenters. The van der Waals surface area contributed by atoms with Crippen molar-refractivity contribution in [3.8, 4) is 5.75 Å². The highest BCUT2D eigenvalue weighted by Gasteiger charge is 2.27. The van der Waals surface area contributed by atoms with Gasteiger partial charge in [-0.2, -0.15) is 0 Å². The van der Waals surface area contributed by atoms with E-state index in [1.54, 1.807) is 0 Å². The van der Waals surface area contributed by atoms with Gasteiger partial charge in [-0.15, -0.1) is 0 Å². The smallest absolute Gasteiger partial charge is 0.155 e. The molecular formula is C10H15N3O. The zero-order chi connectivity index (χ0) is 10.1. The first kappa shape index (κ1) is 9.40. The zero-order valence-electron chi connectivity index (χ0n) is 8.27. The summed E-state index contributed by atoms with van der Waals surface area (Å²) in [5, 5.41) is 9.51. The lowest BCUT2D eigenvalue weighted by Crippen LogP contribution is -2.19. The minimum absolute atomic E-state index is 0.0165. The molecule has 14 heavy (non-hydrogen) atoms. The lowest BCUT2D eigenvalue weighted by atomic mass is 10.2. The van der Waals surface area contributed by atoms with Gasteiger partial charge in [0.1, 0.15) is 5.82 Å². The average molecular weight is 193 g/mol. The predicted octanol–water partition coefficient (Wildman–Crippen LogP) is 0.949. The van der Waals surface area contributed by atoms with Crippen molar-refractivity contribution in [2.75, 3.05) is 0 Å². The topological polar surface area (TPSA) is 72.0 Å². The fourth-order valence-corrected chi connectivity index (χ4v) is 1.42. The summed E-state index contributed by atoms with van der Waals surface area (Å²) in [6.45, 7) is 1.90. The first-order valence-corrected chi connectivity index (χ1v) is 4.97. The van der Waals surface area contributed by atoms with Crippen LogP contribution in [0.2, 0.25) is 0 Å². The van der Waals surface area contributed by atoms with E-state index in [2.05, 4.69) is 9.97 Å². The van der Waals surface area contributed by atoms with Crippen LogP contribution in [0.4, 0.5) is 0 Å². The van der Waals surface area contributed by atoms with E-state index >= 15 is 0 Å². The van der Waals surface area contributed by atoms with Gasteiger partial charge in [0, 0.05) is 18.4 Å². The fourth-order valence-electron chi connectivity index (χ4n) is 1.42. The minimum Gasteiger partial charge on any atom is -0.504 e. The van der Waals surface area contributed by atoms with Crippen LogP contribution in [0.5, 0.6) is 5.75 Å². The highest BCUT2D eigenvalue weighted by atomic mass is 16.3. The van der Waals surface area contributed by atoms with Gasteiger partial charge in [0.05, 0.1) is 11.9 Å². The van der Waals surface area contributed by atoms with Gasteiger partial charge < -0.3 is 10.8 Å². The maximum absolute atomic E-state index is 9.51. The Morgan fingerprint density at radius 3 is 2.93 bits per heavy atom. The second kappa shape index (κ2) is 3.53. The van der Waals surface area contributed by atoms with Crippen LogP contribution >= 0.6 is 0 Å². The van der Waals surface area contributed by atoms with Crippen molar-refractivity contribution in [1.82, 2.24) is 9.97 Å². The molecule has 0 bridgehead atoms. The van der Waals surface area contributed by atoms with Crippen LogP contribution < -0.4 is 5.73 Å². The van der Waals surface area contributed by atoms with Gasteiger partial charge in [-0.3, -0.25) is 0 Å². The molecule has 76 valence electrons. The SMILES string of the molecule is CC(N)Cc1nc(C2CC2)ncc1O. The zero-order valence-corrected chi connectivity index (χ0v) is 8.27. The highest BCUT2D eigenvalue weighted by molar-refractivity contribution is 5.25. The number of aromatic hydroxyl groups is 1. The lowest BCUT2D eigenvalue weighted by molar-refractivity contribution is 0.456. The monoisotopic (exact) mass is 193 g/mol. The third-order valence-corrected chi connectivity index (χ3v) is 2.32. The van der Waals surface area contributed by atoms with Crippen LogP contribution in [-0.2, 0) is 6.42 Å². The maximum atomic E-state index is 9.51. The molecular weight excluding hydrogens is 178 g/mol. The molecule has 1 aliphatic rings. The van der Waals surface area contributed by atoms with E-state index < -0.39 is 0 Å². The van der Waals surface area contributed by atoms with Crippen LogP contribution in [-0.4, -0.2) is 21.1 Å². The molecule has 4 heteroatoms. The minimum atomic E-state index is 0.0165. The second-order valence-corrected chi connectivity index (χ2v) is 4.02. The van der Waals surface area contributed by atoms with Gasteiger partial charge in [-0.1, -0.05) is 0 Å². The van der Waals surface area contributed by atoms with Crippen LogP contribution in [0, 0.1) is 0 Å². The van der Waals surface area contributed by atoms with Crippen molar-refractivity contribution in [2.24, 2.45) is 5.73 Å². The Labute approximate surface area is 83.2 Å². The second-order valence-electron chi connectivity index (χ2n) is 4.02. The number of hydrogen-bond donors (Lipinski definition) is 2. The van der Waals surface area contributed by atoms with E-state index in [0.717, 1.165) is 5.82 Å². The first-order chi connectivity index (χ1) is 6.66. The predicted molar refractivity (Wildman–Crippen MR) is 53.0 cm³/mol. The Morgan fingerprint density at radius 1 is 1.64 bits per heavy atom. The van der Waals surface area contributed by atoms with E-state index in [1.807, 2.05) is 6.92 Å². The normalized spacial score (nSPS) is 18.1. The average Bonchev–Trinajstić information content (AvgIpc) is 2.91. The molecule has 1 aromatic heterocycles. The van der Waals surface area contributed by atoms with Gasteiger partial charge in [0.25, 0.3) is 0 Å². The summed E-state index contributed by atoms with van der Waals surface area (Å²) in [5.41, 5.74) is 6.34. The number of hydrogen-bond acceptors (Lipinski definition) is 4. The molecule has 0 radical (unpaired) electrons. The first-order valence-electron chi connectivity index (χ1n) is 4.97. The van der Waals surface area contributed by atoms with Gasteiger partial charge in [0.2, 0.25) is 0 Å². The molecule has 1 fully saturated rings. The van der Waals surface area contributed by atoms with Crippen molar-refractivity contribution < 1.29 is 5.11 Å². The Hall–Kier alpha value is -1.16. The number of nitrogens with two attached hydrogens (primary N) is 1. The summed E-state index contributed by atoms with van der Waals surface area (Å²) >= 11 is 0. The lowest BCUT2D eigenvalue weighted by Gasteiger charge is -2.07. The molecule has 1 unspecified atom stereocenters. The highest BCUT2D eigenvalue weighted by Crippen LogP contribution is 2.38. The summed E-state index contributed by atoms with van der Waals surface area (Å²) in [6.07, 6.45) is 4.43. The van der Waals surface area contributed by atoms with E-state index in [-0.39, 0.29) is 11.8 Å². The molecule has 0 saturated heterocycles. The molecule has 1 heterocycles. The van der Waals surface area contributed by atoms with Gasteiger partial charge in [0.15, 0.2) is 5.75 Å². The fraction of sp³-hybridized carbons (Fsp3) is 0.600. The molecule has 4 nitrogen and oxygen atoms in total. The number of nitrogens with zero attached hydrogens (tertiary/aromatic N) is 2. The molecule has 0 amide bonds. The third-order valence-electron chi connectivity index (χ3n) is 2.32. The molecule has 1 aliphatic carbocycles. The standard InChI is InChI=1S/C10H15N3O/c1-6(11)4-8-9(14)5-12-10(13-8)7-2-3-7/h5-7,14H,2-4,11H2,1H3. The van der Waals surface area contributed by atoms with Gasteiger partial charge in [-0.05, 0) is 19.8 Å². The van der Waals surface area contributed by atoms with Crippen LogP contribution in [0.1, 0.15) is 37.2 Å². The summed E-state index contributed by atoms with van der Waals surface area (Å²) in [5.74, 6) is 1.53.